The van der Waals surface area contributed by atoms with Crippen LogP contribution in [0.3, 0.4) is 0 Å². The highest BCUT2D eigenvalue weighted by Gasteiger charge is 2.31. The Morgan fingerprint density at radius 3 is 2.52 bits per heavy atom. The number of nitrogens with zero attached hydrogens (tertiary/aromatic N) is 5. The average molecular weight is 426 g/mol. The summed E-state index contributed by atoms with van der Waals surface area (Å²) in [5, 5.41) is 3.22. The zero-order chi connectivity index (χ0) is 21.8. The third-order valence-electron chi connectivity index (χ3n) is 4.38. The minimum absolute atomic E-state index is 0.0986. The molecule has 1 aromatic carbocycles. The smallest absolute Gasteiger partial charge is 0.416 e. The van der Waals surface area contributed by atoms with Crippen LogP contribution >= 0.6 is 0 Å². The van der Waals surface area contributed by atoms with Crippen LogP contribution in [0.1, 0.15) is 16.8 Å². The molecule has 0 bridgehead atoms. The molecule has 0 aliphatic heterocycles. The monoisotopic (exact) mass is 426 g/mol. The minimum Gasteiger partial charge on any atom is -0.439 e. The van der Waals surface area contributed by atoms with Gasteiger partial charge in [-0.2, -0.15) is 13.2 Å². The van der Waals surface area contributed by atoms with Gasteiger partial charge in [-0.05, 0) is 37.1 Å². The molecule has 0 atom stereocenters. The van der Waals surface area contributed by atoms with Gasteiger partial charge in [-0.15, -0.1) is 0 Å². The lowest BCUT2D eigenvalue weighted by Gasteiger charge is -2.11. The summed E-state index contributed by atoms with van der Waals surface area (Å²) in [5.41, 5.74) is 1.56. The van der Waals surface area contributed by atoms with Crippen molar-refractivity contribution in [1.82, 2.24) is 24.9 Å². The van der Waals surface area contributed by atoms with E-state index in [1.165, 1.54) is 13.3 Å². The van der Waals surface area contributed by atoms with Gasteiger partial charge in [-0.3, -0.25) is 0 Å². The predicted molar refractivity (Wildman–Crippen MR) is 108 cm³/mol. The fourth-order valence-electron chi connectivity index (χ4n) is 2.95. The van der Waals surface area contributed by atoms with Gasteiger partial charge in [-0.1, -0.05) is 12.1 Å². The van der Waals surface area contributed by atoms with Crippen molar-refractivity contribution in [2.24, 2.45) is 0 Å². The molecule has 0 saturated heterocycles. The molecule has 3 aromatic heterocycles. The molecule has 0 fully saturated rings. The van der Waals surface area contributed by atoms with Crippen LogP contribution in [0.25, 0.3) is 11.2 Å². The van der Waals surface area contributed by atoms with Crippen LogP contribution < -0.4 is 10.1 Å². The van der Waals surface area contributed by atoms with Crippen LogP contribution in [0, 0.1) is 6.92 Å². The molecule has 1 N–H and O–H groups in total. The molecule has 10 heteroatoms. The van der Waals surface area contributed by atoms with Crippen LogP contribution in [0.4, 0.5) is 19.0 Å². The molecule has 4 rings (SSSR count). The molecular formula is C21H17F3N6O. The van der Waals surface area contributed by atoms with E-state index >= 15 is 0 Å². The van der Waals surface area contributed by atoms with E-state index in [2.05, 4.69) is 30.2 Å². The summed E-state index contributed by atoms with van der Waals surface area (Å²) in [7, 11) is 0. The topological polar surface area (TPSA) is 85.7 Å². The summed E-state index contributed by atoms with van der Waals surface area (Å²) < 4.78 is 44.4. The van der Waals surface area contributed by atoms with Crippen molar-refractivity contribution in [2.45, 2.75) is 19.5 Å². The van der Waals surface area contributed by atoms with Crippen LogP contribution in [0.2, 0.25) is 0 Å². The second kappa shape index (κ2) is 8.50. The molecule has 3 heterocycles. The molecule has 0 saturated carbocycles. The summed E-state index contributed by atoms with van der Waals surface area (Å²) in [4.78, 5) is 20.7. The Labute approximate surface area is 175 Å². The van der Waals surface area contributed by atoms with Crippen molar-refractivity contribution in [3.8, 4) is 11.6 Å². The number of hydrogen-bond acceptors (Lipinski definition) is 7. The number of fused-ring (bicyclic) bond motifs is 1. The number of aryl methyl sites for hydroxylation is 1. The Hall–Kier alpha value is -3.82. The van der Waals surface area contributed by atoms with Crippen molar-refractivity contribution in [2.75, 3.05) is 11.9 Å². The highest BCUT2D eigenvalue weighted by atomic mass is 19.4. The minimum atomic E-state index is -4.46. The summed E-state index contributed by atoms with van der Waals surface area (Å²) in [6, 6.07) is 8.94. The third kappa shape index (κ3) is 5.03. The highest BCUT2D eigenvalue weighted by molar-refractivity contribution is 5.81. The van der Waals surface area contributed by atoms with E-state index in [0.717, 1.165) is 17.7 Å². The lowest BCUT2D eigenvalue weighted by molar-refractivity contribution is -0.137. The number of alkyl halides is 3. The van der Waals surface area contributed by atoms with Crippen molar-refractivity contribution in [1.29, 1.82) is 0 Å². The lowest BCUT2D eigenvalue weighted by Crippen LogP contribution is -2.08. The van der Waals surface area contributed by atoms with Crippen LogP contribution in [0.15, 0.2) is 55.1 Å². The summed E-state index contributed by atoms with van der Waals surface area (Å²) in [6.07, 6.45) is 0.806. The largest absolute Gasteiger partial charge is 0.439 e. The first-order valence-electron chi connectivity index (χ1n) is 9.37. The van der Waals surface area contributed by atoms with Gasteiger partial charge in [0.25, 0.3) is 0 Å². The van der Waals surface area contributed by atoms with Crippen molar-refractivity contribution in [3.05, 3.63) is 71.9 Å². The van der Waals surface area contributed by atoms with E-state index < -0.39 is 11.7 Å². The second-order valence-corrected chi connectivity index (χ2v) is 6.71. The van der Waals surface area contributed by atoms with Crippen molar-refractivity contribution < 1.29 is 17.9 Å². The Bertz CT molecular complexity index is 1190. The van der Waals surface area contributed by atoms with Gasteiger partial charge in [0.1, 0.15) is 17.6 Å². The Kier molecular flexibility index (Phi) is 5.61. The number of hydrogen-bond donors (Lipinski definition) is 1. The molecular weight excluding hydrogens is 409 g/mol. The summed E-state index contributed by atoms with van der Waals surface area (Å²) in [6.45, 7) is 2.09. The molecule has 0 spiro atoms. The van der Waals surface area contributed by atoms with E-state index in [4.69, 9.17) is 4.74 Å². The Balaban J connectivity index is 1.38. The summed E-state index contributed by atoms with van der Waals surface area (Å²) >= 11 is 0. The number of halogens is 3. The van der Waals surface area contributed by atoms with E-state index in [1.807, 2.05) is 12.1 Å². The van der Waals surface area contributed by atoms with Gasteiger partial charge in [-0.25, -0.2) is 24.9 Å². The van der Waals surface area contributed by atoms with Gasteiger partial charge in [0, 0.05) is 30.7 Å². The third-order valence-corrected chi connectivity index (χ3v) is 4.38. The Morgan fingerprint density at radius 1 is 0.968 bits per heavy atom. The maximum atomic E-state index is 13.0. The standard InChI is InChI=1S/C21H17F3N6O/c1-13-10-15(21(22,23)24)11-17(30-13)31-16-4-2-14(3-5-16)6-7-26-19-18-20(29-12-28-19)27-9-8-25-18/h2-5,8-12H,6-7H2,1H3,(H,26,27,28,29). The first-order chi connectivity index (χ1) is 14.9. The molecule has 0 aliphatic carbocycles. The Morgan fingerprint density at radius 2 is 1.74 bits per heavy atom. The molecule has 158 valence electrons. The lowest BCUT2D eigenvalue weighted by atomic mass is 10.1. The molecule has 0 unspecified atom stereocenters. The van der Waals surface area contributed by atoms with Gasteiger partial charge >= 0.3 is 6.18 Å². The van der Waals surface area contributed by atoms with Gasteiger partial charge in [0.15, 0.2) is 11.5 Å². The molecule has 7 nitrogen and oxygen atoms in total. The van der Waals surface area contributed by atoms with Crippen LogP contribution in [0.5, 0.6) is 11.6 Å². The quantitative estimate of drug-likeness (QED) is 0.483. The zero-order valence-electron chi connectivity index (χ0n) is 16.4. The first-order valence-corrected chi connectivity index (χ1v) is 9.37. The number of anilines is 1. The van der Waals surface area contributed by atoms with Crippen LogP contribution in [-0.2, 0) is 12.6 Å². The maximum Gasteiger partial charge on any atom is 0.416 e. The highest BCUT2D eigenvalue weighted by Crippen LogP contribution is 2.32. The number of pyridine rings is 1. The van der Waals surface area contributed by atoms with Crippen LogP contribution in [-0.4, -0.2) is 31.5 Å². The molecule has 31 heavy (non-hydrogen) atoms. The molecule has 4 aromatic rings. The number of nitrogens with one attached hydrogen (secondary N) is 1. The molecule has 0 amide bonds. The zero-order valence-corrected chi connectivity index (χ0v) is 16.4. The predicted octanol–water partition coefficient (Wildman–Crippen LogP) is 4.59. The molecule has 0 radical (unpaired) electrons. The average Bonchev–Trinajstić information content (AvgIpc) is 2.74. The summed E-state index contributed by atoms with van der Waals surface area (Å²) in [5.74, 6) is 0.905. The second-order valence-electron chi connectivity index (χ2n) is 6.71. The molecule has 0 aliphatic rings. The fraction of sp³-hybridized carbons (Fsp3) is 0.190. The van der Waals surface area contributed by atoms with Crippen molar-refractivity contribution >= 4 is 17.0 Å². The number of rotatable bonds is 6. The normalized spacial score (nSPS) is 11.5. The number of benzene rings is 1. The van der Waals surface area contributed by atoms with Gasteiger partial charge in [0.05, 0.1) is 5.56 Å². The number of ether oxygens (including phenoxy) is 1. The van der Waals surface area contributed by atoms with Gasteiger partial charge < -0.3 is 10.1 Å². The van der Waals surface area contributed by atoms with Crippen molar-refractivity contribution in [3.63, 3.8) is 0 Å². The first kappa shape index (κ1) is 20.5. The SMILES string of the molecule is Cc1cc(C(F)(F)F)cc(Oc2ccc(CCNc3ncnc4nccnc34)cc2)n1. The van der Waals surface area contributed by atoms with E-state index in [0.29, 0.717) is 35.7 Å². The maximum absolute atomic E-state index is 13.0. The number of aromatic nitrogens is 5. The van der Waals surface area contributed by atoms with E-state index in [-0.39, 0.29) is 11.6 Å². The van der Waals surface area contributed by atoms with Gasteiger partial charge in [0.2, 0.25) is 5.88 Å². The van der Waals surface area contributed by atoms with E-state index in [9.17, 15) is 13.2 Å². The van der Waals surface area contributed by atoms with E-state index in [1.54, 1.807) is 24.5 Å². The fourth-order valence-corrected chi connectivity index (χ4v) is 2.95.